The highest BCUT2D eigenvalue weighted by atomic mass is 16.2. The Kier molecular flexibility index (Phi) is 4.34. The molecular weight excluding hydrogens is 208 g/mol. The lowest BCUT2D eigenvalue weighted by Gasteiger charge is -2.05. The molecule has 0 bridgehead atoms. The number of anilines is 1. The number of rotatable bonds is 3. The fourth-order valence-electron chi connectivity index (χ4n) is 0.964. The van der Waals surface area contributed by atoms with Gasteiger partial charge in [-0.3, -0.25) is 10.1 Å². The van der Waals surface area contributed by atoms with E-state index in [0.29, 0.717) is 5.69 Å². The fourth-order valence-corrected chi connectivity index (χ4v) is 0.964. The lowest BCUT2D eigenvalue weighted by atomic mass is 10.3. The minimum Gasteiger partial charge on any atom is -0.329 e. The number of amides is 3. The fraction of sp³-hybridized carbons (Fsp3) is 0.100. The van der Waals surface area contributed by atoms with Crippen LogP contribution in [0.15, 0.2) is 30.3 Å². The molecule has 0 aliphatic carbocycles. The predicted molar refractivity (Wildman–Crippen MR) is 57.2 cm³/mol. The molecule has 0 fully saturated rings. The molecule has 1 rings (SSSR count). The van der Waals surface area contributed by atoms with E-state index in [0.717, 1.165) is 0 Å². The second-order valence-electron chi connectivity index (χ2n) is 2.83. The van der Waals surface area contributed by atoms with E-state index in [1.54, 1.807) is 24.3 Å². The number of carbonyl (C=O) groups is 2. The Morgan fingerprint density at radius 3 is 2.56 bits per heavy atom. The zero-order valence-corrected chi connectivity index (χ0v) is 8.36. The van der Waals surface area contributed by atoms with E-state index in [1.165, 1.54) is 6.19 Å². The molecule has 6 nitrogen and oxygen atoms in total. The molecule has 6 heteroatoms. The molecule has 0 radical (unpaired) electrons. The lowest BCUT2D eigenvalue weighted by molar-refractivity contribution is -0.118. The first-order chi connectivity index (χ1) is 7.72. The van der Waals surface area contributed by atoms with E-state index < -0.39 is 11.9 Å². The zero-order chi connectivity index (χ0) is 11.8. The average molecular weight is 218 g/mol. The van der Waals surface area contributed by atoms with Gasteiger partial charge in [-0.25, -0.2) is 4.79 Å². The molecule has 0 aromatic heterocycles. The molecule has 0 aliphatic heterocycles. The van der Waals surface area contributed by atoms with Gasteiger partial charge in [0.05, 0.1) is 6.54 Å². The molecule has 0 atom stereocenters. The third kappa shape index (κ3) is 4.11. The van der Waals surface area contributed by atoms with Crippen molar-refractivity contribution in [2.75, 3.05) is 11.9 Å². The molecule has 3 amide bonds. The molecule has 0 saturated heterocycles. The summed E-state index contributed by atoms with van der Waals surface area (Å²) in [7, 11) is 0. The summed E-state index contributed by atoms with van der Waals surface area (Å²) in [5.74, 6) is -0.564. The molecular formula is C10H10N4O2. The SMILES string of the molecule is N#CNC(=O)CNC(=O)Nc1ccccc1. The van der Waals surface area contributed by atoms with Gasteiger partial charge in [-0.15, -0.1) is 0 Å². The van der Waals surface area contributed by atoms with Gasteiger partial charge in [0.2, 0.25) is 0 Å². The number of hydrogen-bond acceptors (Lipinski definition) is 3. The lowest BCUT2D eigenvalue weighted by Crippen LogP contribution is -2.37. The second-order valence-corrected chi connectivity index (χ2v) is 2.83. The molecule has 0 spiro atoms. The van der Waals surface area contributed by atoms with Crippen molar-refractivity contribution in [3.8, 4) is 6.19 Å². The Morgan fingerprint density at radius 2 is 1.94 bits per heavy atom. The van der Waals surface area contributed by atoms with E-state index in [4.69, 9.17) is 5.26 Å². The Bertz CT molecular complexity index is 411. The van der Waals surface area contributed by atoms with Crippen molar-refractivity contribution in [2.24, 2.45) is 0 Å². The van der Waals surface area contributed by atoms with Gasteiger partial charge in [-0.1, -0.05) is 18.2 Å². The summed E-state index contributed by atoms with van der Waals surface area (Å²) in [6, 6.07) is 8.31. The normalized spacial score (nSPS) is 8.69. The van der Waals surface area contributed by atoms with Crippen molar-refractivity contribution in [2.45, 2.75) is 0 Å². The zero-order valence-electron chi connectivity index (χ0n) is 8.36. The summed E-state index contributed by atoms with van der Waals surface area (Å²) >= 11 is 0. The van der Waals surface area contributed by atoms with E-state index in [1.807, 2.05) is 11.4 Å². The maximum absolute atomic E-state index is 11.2. The van der Waals surface area contributed by atoms with Crippen LogP contribution in [0, 0.1) is 11.5 Å². The maximum Gasteiger partial charge on any atom is 0.319 e. The van der Waals surface area contributed by atoms with E-state index in [9.17, 15) is 9.59 Å². The summed E-state index contributed by atoms with van der Waals surface area (Å²) in [5, 5.41) is 14.8. The first-order valence-electron chi connectivity index (χ1n) is 4.50. The van der Waals surface area contributed by atoms with Crippen LogP contribution in [0.1, 0.15) is 0 Å². The van der Waals surface area contributed by atoms with Crippen LogP contribution in [0.4, 0.5) is 10.5 Å². The van der Waals surface area contributed by atoms with Gasteiger partial charge in [-0.2, -0.15) is 5.26 Å². The summed E-state index contributed by atoms with van der Waals surface area (Å²) in [6.07, 6.45) is 1.47. The second kappa shape index (κ2) is 6.03. The minimum absolute atomic E-state index is 0.244. The van der Waals surface area contributed by atoms with E-state index >= 15 is 0 Å². The molecule has 82 valence electrons. The van der Waals surface area contributed by atoms with Crippen LogP contribution < -0.4 is 16.0 Å². The quantitative estimate of drug-likeness (QED) is 0.506. The van der Waals surface area contributed by atoms with E-state index in [2.05, 4.69) is 10.6 Å². The van der Waals surface area contributed by atoms with Crippen molar-refractivity contribution in [3.63, 3.8) is 0 Å². The van der Waals surface area contributed by atoms with Crippen LogP contribution in [0.2, 0.25) is 0 Å². The molecule has 16 heavy (non-hydrogen) atoms. The molecule has 0 saturated carbocycles. The molecule has 0 heterocycles. The third-order valence-electron chi connectivity index (χ3n) is 1.64. The molecule has 0 aliphatic rings. The number of nitrogens with zero attached hydrogens (tertiary/aromatic N) is 1. The summed E-state index contributed by atoms with van der Waals surface area (Å²) in [6.45, 7) is -0.244. The Hall–Kier alpha value is -2.55. The highest BCUT2D eigenvalue weighted by molar-refractivity contribution is 5.92. The largest absolute Gasteiger partial charge is 0.329 e. The molecule has 0 unspecified atom stereocenters. The van der Waals surface area contributed by atoms with Crippen molar-refractivity contribution < 1.29 is 9.59 Å². The monoisotopic (exact) mass is 218 g/mol. The number of nitriles is 1. The van der Waals surface area contributed by atoms with Gasteiger partial charge in [0, 0.05) is 5.69 Å². The van der Waals surface area contributed by atoms with Crippen LogP contribution in [0.5, 0.6) is 0 Å². The van der Waals surface area contributed by atoms with Crippen molar-refractivity contribution in [3.05, 3.63) is 30.3 Å². The first-order valence-corrected chi connectivity index (χ1v) is 4.50. The number of nitrogens with one attached hydrogen (secondary N) is 3. The van der Waals surface area contributed by atoms with Gasteiger partial charge < -0.3 is 10.6 Å². The number of para-hydroxylation sites is 1. The average Bonchev–Trinajstić information content (AvgIpc) is 2.28. The van der Waals surface area contributed by atoms with Crippen LogP contribution in [-0.2, 0) is 4.79 Å². The predicted octanol–water partition coefficient (Wildman–Crippen LogP) is 0.405. The number of carbonyl (C=O) groups excluding carboxylic acids is 2. The summed E-state index contributed by atoms with van der Waals surface area (Å²) < 4.78 is 0. The van der Waals surface area contributed by atoms with Gasteiger partial charge in [0.1, 0.15) is 0 Å². The number of urea groups is 1. The van der Waals surface area contributed by atoms with Gasteiger partial charge >= 0.3 is 6.03 Å². The van der Waals surface area contributed by atoms with Gasteiger partial charge in [0.25, 0.3) is 5.91 Å². The Morgan fingerprint density at radius 1 is 1.25 bits per heavy atom. The number of hydrogen-bond donors (Lipinski definition) is 3. The summed E-state index contributed by atoms with van der Waals surface area (Å²) in [5.41, 5.74) is 0.626. The molecule has 3 N–H and O–H groups in total. The topological polar surface area (TPSA) is 94.0 Å². The molecule has 1 aromatic carbocycles. The maximum atomic E-state index is 11.2. The highest BCUT2D eigenvalue weighted by Gasteiger charge is 2.04. The number of benzene rings is 1. The minimum atomic E-state index is -0.564. The van der Waals surface area contributed by atoms with Crippen molar-refractivity contribution in [1.29, 1.82) is 5.26 Å². The smallest absolute Gasteiger partial charge is 0.319 e. The third-order valence-corrected chi connectivity index (χ3v) is 1.64. The van der Waals surface area contributed by atoms with E-state index in [-0.39, 0.29) is 6.54 Å². The van der Waals surface area contributed by atoms with Crippen molar-refractivity contribution >= 4 is 17.6 Å². The van der Waals surface area contributed by atoms with Crippen LogP contribution in [-0.4, -0.2) is 18.5 Å². The molecule has 1 aromatic rings. The first kappa shape index (κ1) is 11.5. The van der Waals surface area contributed by atoms with Crippen LogP contribution in [0.25, 0.3) is 0 Å². The summed E-state index contributed by atoms with van der Waals surface area (Å²) in [4.78, 5) is 22.1. The highest BCUT2D eigenvalue weighted by Crippen LogP contribution is 2.03. The van der Waals surface area contributed by atoms with Crippen molar-refractivity contribution in [1.82, 2.24) is 10.6 Å². The van der Waals surface area contributed by atoms with Gasteiger partial charge in [0.15, 0.2) is 6.19 Å². The standard InChI is InChI=1S/C10H10N4O2/c11-7-13-9(15)6-12-10(16)14-8-4-2-1-3-5-8/h1-5H,6H2,(H,13,15)(H2,12,14,16). The van der Waals surface area contributed by atoms with Crippen LogP contribution >= 0.6 is 0 Å². The van der Waals surface area contributed by atoms with Crippen LogP contribution in [0.3, 0.4) is 0 Å². The Labute approximate surface area is 92.3 Å². The van der Waals surface area contributed by atoms with Gasteiger partial charge in [-0.05, 0) is 12.1 Å². The Balaban J connectivity index is 2.32.